The smallest absolute Gasteiger partial charge is 0.134 e. The van der Waals surface area contributed by atoms with Gasteiger partial charge in [0.15, 0.2) is 0 Å². The molecule has 0 aliphatic carbocycles. The normalized spacial score (nSPS) is 12.6. The highest BCUT2D eigenvalue weighted by atomic mass is 35.5. The van der Waals surface area contributed by atoms with Crippen LogP contribution in [0.25, 0.3) is 0 Å². The van der Waals surface area contributed by atoms with Crippen molar-refractivity contribution in [2.75, 3.05) is 6.54 Å². The van der Waals surface area contributed by atoms with Crippen LogP contribution in [-0.2, 0) is 6.42 Å². The van der Waals surface area contributed by atoms with Gasteiger partial charge < -0.3 is 5.32 Å². The number of nitrogens with one attached hydrogen (secondary N) is 1. The van der Waals surface area contributed by atoms with Crippen LogP contribution in [0, 0.1) is 5.82 Å². The number of nitrogens with zero attached hydrogens (tertiary/aromatic N) is 2. The number of hydrogen-bond donors (Lipinski definition) is 1. The van der Waals surface area contributed by atoms with E-state index in [0.29, 0.717) is 17.0 Å². The van der Waals surface area contributed by atoms with Crippen molar-refractivity contribution in [1.82, 2.24) is 15.5 Å². The summed E-state index contributed by atoms with van der Waals surface area (Å²) < 4.78 is 13.7. The first-order valence-electron chi connectivity index (χ1n) is 6.10. The molecule has 0 saturated heterocycles. The summed E-state index contributed by atoms with van der Waals surface area (Å²) in [6.07, 6.45) is 0.377. The summed E-state index contributed by atoms with van der Waals surface area (Å²) in [4.78, 5) is 0. The van der Waals surface area contributed by atoms with Gasteiger partial charge in [-0.05, 0) is 25.6 Å². The lowest BCUT2D eigenvalue weighted by Gasteiger charge is -2.06. The fraction of sp³-hybridized carbons (Fsp3) is 0.385. The van der Waals surface area contributed by atoms with E-state index in [4.69, 9.17) is 11.6 Å². The predicted octanol–water partition coefficient (Wildman–Crippen LogP) is 3.59. The van der Waals surface area contributed by atoms with E-state index in [9.17, 15) is 4.39 Å². The summed E-state index contributed by atoms with van der Waals surface area (Å²) in [5, 5.41) is 13.6. The Balaban J connectivity index is 2.16. The second kappa shape index (κ2) is 6.41. The lowest BCUT2D eigenvalue weighted by atomic mass is 10.1. The molecule has 2 rings (SSSR count). The van der Waals surface area contributed by atoms with Crippen LogP contribution in [0.3, 0.4) is 0 Å². The Labute approximate surface area is 120 Å². The van der Waals surface area contributed by atoms with Gasteiger partial charge in [0, 0.05) is 17.0 Å². The Morgan fingerprint density at radius 2 is 2.21 bits per heavy atom. The van der Waals surface area contributed by atoms with Crippen molar-refractivity contribution in [1.29, 1.82) is 0 Å². The zero-order chi connectivity index (χ0) is 13.8. The van der Waals surface area contributed by atoms with Crippen molar-refractivity contribution in [3.05, 3.63) is 44.6 Å². The minimum atomic E-state index is -0.302. The van der Waals surface area contributed by atoms with Crippen LogP contribution >= 0.6 is 22.9 Å². The van der Waals surface area contributed by atoms with Crippen molar-refractivity contribution in [3.63, 3.8) is 0 Å². The average Bonchev–Trinajstić information content (AvgIpc) is 2.83. The molecule has 1 aromatic heterocycles. The van der Waals surface area contributed by atoms with Crippen LogP contribution in [0.15, 0.2) is 18.2 Å². The Hall–Kier alpha value is -1.04. The molecule has 102 valence electrons. The summed E-state index contributed by atoms with van der Waals surface area (Å²) in [6.45, 7) is 4.94. The molecule has 1 heterocycles. The van der Waals surface area contributed by atoms with E-state index < -0.39 is 0 Å². The van der Waals surface area contributed by atoms with E-state index in [1.165, 1.54) is 17.4 Å². The number of benzene rings is 1. The third-order valence-electron chi connectivity index (χ3n) is 2.75. The van der Waals surface area contributed by atoms with Crippen LogP contribution in [0.4, 0.5) is 4.39 Å². The van der Waals surface area contributed by atoms with E-state index in [1.807, 2.05) is 13.8 Å². The van der Waals surface area contributed by atoms with Crippen molar-refractivity contribution < 1.29 is 4.39 Å². The zero-order valence-electron chi connectivity index (χ0n) is 10.8. The molecule has 0 fully saturated rings. The molecular formula is C13H15ClFN3S. The molecular weight excluding hydrogens is 285 g/mol. The first-order chi connectivity index (χ1) is 9.11. The molecule has 1 unspecified atom stereocenters. The number of rotatable bonds is 5. The number of halogens is 2. The Bertz CT molecular complexity index is 538. The minimum absolute atomic E-state index is 0.160. The van der Waals surface area contributed by atoms with Gasteiger partial charge in [-0.25, -0.2) is 4.39 Å². The molecule has 1 N–H and O–H groups in total. The number of aromatic nitrogens is 2. The minimum Gasteiger partial charge on any atom is -0.308 e. The quantitative estimate of drug-likeness (QED) is 0.917. The van der Waals surface area contributed by atoms with E-state index in [2.05, 4.69) is 15.5 Å². The molecule has 0 amide bonds. The van der Waals surface area contributed by atoms with E-state index in [0.717, 1.165) is 16.6 Å². The molecule has 1 atom stereocenters. The molecule has 2 aromatic rings. The second-order valence-electron chi connectivity index (χ2n) is 4.19. The van der Waals surface area contributed by atoms with Crippen LogP contribution in [0.1, 0.15) is 35.5 Å². The highest BCUT2D eigenvalue weighted by Crippen LogP contribution is 2.25. The van der Waals surface area contributed by atoms with E-state index in [-0.39, 0.29) is 11.9 Å². The van der Waals surface area contributed by atoms with Gasteiger partial charge in [-0.3, -0.25) is 0 Å². The van der Waals surface area contributed by atoms with Gasteiger partial charge >= 0.3 is 0 Å². The maximum absolute atomic E-state index is 13.7. The maximum Gasteiger partial charge on any atom is 0.134 e. The van der Waals surface area contributed by atoms with E-state index >= 15 is 0 Å². The first kappa shape index (κ1) is 14.4. The van der Waals surface area contributed by atoms with Crippen LogP contribution in [-0.4, -0.2) is 16.7 Å². The standard InChI is InChI=1S/C13H15ClFN3S/c1-3-16-8(2)13-18-17-12(19-13)7-9-10(14)5-4-6-11(9)15/h4-6,8,16H,3,7H2,1-2H3. The van der Waals surface area contributed by atoms with Crippen LogP contribution in [0.2, 0.25) is 5.02 Å². The Kier molecular flexibility index (Phi) is 4.85. The highest BCUT2D eigenvalue weighted by Gasteiger charge is 2.14. The fourth-order valence-corrected chi connectivity index (χ4v) is 2.87. The maximum atomic E-state index is 13.7. The summed E-state index contributed by atoms with van der Waals surface area (Å²) >= 11 is 7.49. The predicted molar refractivity (Wildman–Crippen MR) is 76.2 cm³/mol. The van der Waals surface area contributed by atoms with Gasteiger partial charge in [0.1, 0.15) is 15.8 Å². The summed E-state index contributed by atoms with van der Waals surface area (Å²) in [5.74, 6) is -0.302. The summed E-state index contributed by atoms with van der Waals surface area (Å²) in [5.41, 5.74) is 0.475. The molecule has 0 bridgehead atoms. The van der Waals surface area contributed by atoms with Gasteiger partial charge in [-0.15, -0.1) is 10.2 Å². The molecule has 19 heavy (non-hydrogen) atoms. The lowest BCUT2D eigenvalue weighted by Crippen LogP contribution is -2.17. The van der Waals surface area contributed by atoms with Crippen molar-refractivity contribution in [3.8, 4) is 0 Å². The van der Waals surface area contributed by atoms with Crippen LogP contribution in [0.5, 0.6) is 0 Å². The monoisotopic (exact) mass is 299 g/mol. The first-order valence-corrected chi connectivity index (χ1v) is 7.29. The average molecular weight is 300 g/mol. The molecule has 0 radical (unpaired) electrons. The third kappa shape index (κ3) is 3.49. The van der Waals surface area contributed by atoms with Gasteiger partial charge in [0.2, 0.25) is 0 Å². The molecule has 0 saturated carbocycles. The van der Waals surface area contributed by atoms with Crippen LogP contribution < -0.4 is 5.32 Å². The Morgan fingerprint density at radius 3 is 2.89 bits per heavy atom. The SMILES string of the molecule is CCNC(C)c1nnc(Cc2c(F)cccc2Cl)s1. The molecule has 1 aromatic carbocycles. The van der Waals surface area contributed by atoms with E-state index in [1.54, 1.807) is 12.1 Å². The molecule has 0 aliphatic rings. The van der Waals surface area contributed by atoms with Crippen molar-refractivity contribution in [2.45, 2.75) is 26.3 Å². The summed E-state index contributed by atoms with van der Waals surface area (Å²) in [6, 6.07) is 4.85. The molecule has 6 heteroatoms. The Morgan fingerprint density at radius 1 is 1.42 bits per heavy atom. The van der Waals surface area contributed by atoms with Crippen molar-refractivity contribution in [2.24, 2.45) is 0 Å². The topological polar surface area (TPSA) is 37.8 Å². The van der Waals surface area contributed by atoms with Gasteiger partial charge in [0.05, 0.1) is 6.04 Å². The number of hydrogen-bond acceptors (Lipinski definition) is 4. The highest BCUT2D eigenvalue weighted by molar-refractivity contribution is 7.11. The fourth-order valence-electron chi connectivity index (χ4n) is 1.76. The van der Waals surface area contributed by atoms with Gasteiger partial charge in [-0.2, -0.15) is 0 Å². The molecule has 3 nitrogen and oxygen atoms in total. The molecule has 0 aliphatic heterocycles. The largest absolute Gasteiger partial charge is 0.308 e. The molecule has 0 spiro atoms. The summed E-state index contributed by atoms with van der Waals surface area (Å²) in [7, 11) is 0. The third-order valence-corrected chi connectivity index (χ3v) is 4.21. The second-order valence-corrected chi connectivity index (χ2v) is 5.69. The van der Waals surface area contributed by atoms with Gasteiger partial charge in [-0.1, -0.05) is 35.9 Å². The van der Waals surface area contributed by atoms with Gasteiger partial charge in [0.25, 0.3) is 0 Å². The lowest BCUT2D eigenvalue weighted by molar-refractivity contribution is 0.589. The van der Waals surface area contributed by atoms with Crippen molar-refractivity contribution >= 4 is 22.9 Å². The zero-order valence-corrected chi connectivity index (χ0v) is 12.4.